The molecule has 1 aliphatic rings. The summed E-state index contributed by atoms with van der Waals surface area (Å²) in [4.78, 5) is 24.4. The third-order valence-corrected chi connectivity index (χ3v) is 8.04. The van der Waals surface area contributed by atoms with Crippen LogP contribution in [0.4, 0.5) is 22.0 Å². The first-order chi connectivity index (χ1) is 17.0. The molecule has 1 aromatic carbocycles. The van der Waals surface area contributed by atoms with E-state index in [2.05, 4.69) is 10.6 Å². The Morgan fingerprint density at radius 1 is 1.16 bits per heavy atom. The van der Waals surface area contributed by atoms with Gasteiger partial charge in [0.15, 0.2) is 9.84 Å². The molecule has 210 valence electrons. The number of hydrogen-bond donors (Lipinski definition) is 4. The number of sulfone groups is 1. The number of halogens is 5. The van der Waals surface area contributed by atoms with Crippen molar-refractivity contribution in [3.63, 3.8) is 0 Å². The molecular formula is C22H30F5N3O6S. The van der Waals surface area contributed by atoms with Gasteiger partial charge in [-0.1, -0.05) is 26.0 Å². The Hall–Kier alpha value is -2.52. The Balaban J connectivity index is 2.04. The highest BCUT2D eigenvalue weighted by molar-refractivity contribution is 7.91. The third-order valence-electron chi connectivity index (χ3n) is 5.93. The van der Waals surface area contributed by atoms with Crippen LogP contribution in [-0.4, -0.2) is 81.1 Å². The molecule has 4 N–H and O–H groups in total. The van der Waals surface area contributed by atoms with E-state index in [-0.39, 0.29) is 18.7 Å². The quantitative estimate of drug-likeness (QED) is 0.299. The Morgan fingerprint density at radius 2 is 1.76 bits per heavy atom. The average Bonchev–Trinajstić information content (AvgIpc) is 3.31. The lowest BCUT2D eigenvalue weighted by Crippen LogP contribution is -2.61. The van der Waals surface area contributed by atoms with Crippen LogP contribution < -0.4 is 20.7 Å². The van der Waals surface area contributed by atoms with Crippen molar-refractivity contribution in [2.75, 3.05) is 20.2 Å². The largest absolute Gasteiger partial charge is 0.497 e. The van der Waals surface area contributed by atoms with Crippen molar-refractivity contribution in [2.45, 2.75) is 61.6 Å². The van der Waals surface area contributed by atoms with E-state index < -0.39 is 69.7 Å². The van der Waals surface area contributed by atoms with Crippen molar-refractivity contribution in [1.82, 2.24) is 16.0 Å². The highest BCUT2D eigenvalue weighted by Gasteiger charge is 2.52. The molecule has 9 nitrogen and oxygen atoms in total. The maximum absolute atomic E-state index is 14.4. The van der Waals surface area contributed by atoms with Gasteiger partial charge in [0.05, 0.1) is 30.2 Å². The van der Waals surface area contributed by atoms with Gasteiger partial charge < -0.3 is 25.8 Å². The molecule has 0 unspecified atom stereocenters. The zero-order valence-corrected chi connectivity index (χ0v) is 21.1. The monoisotopic (exact) mass is 559 g/mol. The molecule has 37 heavy (non-hydrogen) atoms. The average molecular weight is 560 g/mol. The van der Waals surface area contributed by atoms with Crippen molar-refractivity contribution >= 4 is 21.7 Å². The van der Waals surface area contributed by atoms with Gasteiger partial charge in [0, 0.05) is 6.54 Å². The van der Waals surface area contributed by atoms with Gasteiger partial charge in [-0.2, -0.15) is 22.0 Å². The first-order valence-corrected chi connectivity index (χ1v) is 13.0. The van der Waals surface area contributed by atoms with Crippen LogP contribution >= 0.6 is 0 Å². The number of rotatable bonds is 11. The molecule has 1 saturated heterocycles. The van der Waals surface area contributed by atoms with E-state index in [0.29, 0.717) is 11.3 Å². The van der Waals surface area contributed by atoms with E-state index in [1.54, 1.807) is 24.3 Å². The van der Waals surface area contributed by atoms with Gasteiger partial charge in [0.2, 0.25) is 5.91 Å². The predicted molar refractivity (Wildman–Crippen MR) is 123 cm³/mol. The number of aliphatic hydroxyl groups excluding tert-OH is 1. The molecule has 2 amide bonds. The molecule has 1 aromatic rings. The van der Waals surface area contributed by atoms with Gasteiger partial charge in [-0.05, 0) is 30.0 Å². The molecule has 1 fully saturated rings. The highest BCUT2D eigenvalue weighted by Crippen LogP contribution is 2.26. The van der Waals surface area contributed by atoms with Crippen molar-refractivity contribution < 1.29 is 49.8 Å². The van der Waals surface area contributed by atoms with Crippen molar-refractivity contribution in [2.24, 2.45) is 5.92 Å². The van der Waals surface area contributed by atoms with Crippen molar-refractivity contribution in [3.05, 3.63) is 29.8 Å². The predicted octanol–water partition coefficient (Wildman–Crippen LogP) is 1.16. The first kappa shape index (κ1) is 30.7. The fraction of sp³-hybridized carbons (Fsp3) is 0.636. The van der Waals surface area contributed by atoms with Crippen LogP contribution in [0.15, 0.2) is 24.3 Å². The second-order valence-corrected chi connectivity index (χ2v) is 11.4. The zero-order valence-electron chi connectivity index (χ0n) is 20.3. The Bertz CT molecular complexity index is 1050. The summed E-state index contributed by atoms with van der Waals surface area (Å²) in [5.74, 6) is -8.51. The van der Waals surface area contributed by atoms with Crippen molar-refractivity contribution in [3.8, 4) is 5.75 Å². The number of carbonyl (C=O) groups excluding carboxylic acids is 2. The molecule has 0 aliphatic carbocycles. The van der Waals surface area contributed by atoms with Gasteiger partial charge >= 0.3 is 12.1 Å². The number of hydrogen-bond acceptors (Lipinski definition) is 7. The number of aliphatic hydroxyl groups is 1. The van der Waals surface area contributed by atoms with E-state index in [9.17, 15) is 45.1 Å². The molecule has 0 spiro atoms. The molecule has 0 radical (unpaired) electrons. The number of amides is 2. The maximum Gasteiger partial charge on any atom is 0.405 e. The molecular weight excluding hydrogens is 529 g/mol. The second-order valence-electron chi connectivity index (χ2n) is 9.12. The summed E-state index contributed by atoms with van der Waals surface area (Å²) in [7, 11) is -2.24. The minimum Gasteiger partial charge on any atom is -0.497 e. The van der Waals surface area contributed by atoms with Crippen LogP contribution in [0, 0.1) is 5.92 Å². The molecule has 0 bridgehead atoms. The zero-order chi connectivity index (χ0) is 28.2. The van der Waals surface area contributed by atoms with Gasteiger partial charge in [-0.3, -0.25) is 9.59 Å². The smallest absolute Gasteiger partial charge is 0.405 e. The SMILES string of the molecule is COc1ccc(CS(=O)(=O)[C@H]2CN[C@H](C(=O)N[C@@H](C(C)C)[C@@H](O)C(F)(F)C(=O)NCC(F)(F)F)C2)cc1. The minimum absolute atomic E-state index is 0.0819. The van der Waals surface area contributed by atoms with E-state index in [1.165, 1.54) is 21.0 Å². The Labute approximate surface area is 211 Å². The molecule has 0 saturated carbocycles. The summed E-state index contributed by atoms with van der Waals surface area (Å²) in [6, 6.07) is 3.55. The van der Waals surface area contributed by atoms with Crippen LogP contribution in [0.3, 0.4) is 0 Å². The molecule has 2 rings (SSSR count). The number of carbonyl (C=O) groups is 2. The molecule has 1 heterocycles. The Kier molecular flexibility index (Phi) is 9.87. The fourth-order valence-electron chi connectivity index (χ4n) is 3.78. The molecule has 15 heteroatoms. The van der Waals surface area contributed by atoms with Crippen LogP contribution in [0.1, 0.15) is 25.8 Å². The first-order valence-electron chi connectivity index (χ1n) is 11.3. The highest BCUT2D eigenvalue weighted by atomic mass is 32.2. The lowest BCUT2D eigenvalue weighted by Gasteiger charge is -2.32. The van der Waals surface area contributed by atoms with Gasteiger partial charge in [-0.25, -0.2) is 8.42 Å². The standard InChI is InChI=1S/C22H30F5N3O6S/c1-12(2)17(18(31)22(26,27)20(33)29-11-21(23,24)25)30-19(32)16-8-15(9-28-16)37(34,35)10-13-4-6-14(36-3)7-5-13/h4-7,12,15-18,28,31H,8-11H2,1-3H3,(H,29,33)(H,30,32)/t15-,16+,17+,18-/m1/s1. The number of methoxy groups -OCH3 is 1. The van der Waals surface area contributed by atoms with Gasteiger partial charge in [-0.15, -0.1) is 0 Å². The summed E-state index contributed by atoms with van der Waals surface area (Å²) in [5.41, 5.74) is 0.503. The molecule has 1 aliphatic heterocycles. The minimum atomic E-state index is -4.94. The summed E-state index contributed by atoms with van der Waals surface area (Å²) >= 11 is 0. The van der Waals surface area contributed by atoms with Crippen LogP contribution in [0.2, 0.25) is 0 Å². The number of benzene rings is 1. The summed E-state index contributed by atoms with van der Waals surface area (Å²) in [5, 5.41) is 15.1. The van der Waals surface area contributed by atoms with Crippen LogP contribution in [-0.2, 0) is 25.2 Å². The summed E-state index contributed by atoms with van der Waals surface area (Å²) < 4.78 is 96.3. The normalized spacial score (nSPS) is 20.4. The van der Waals surface area contributed by atoms with E-state index in [0.717, 1.165) is 5.32 Å². The second kappa shape index (κ2) is 11.9. The fourth-order valence-corrected chi connectivity index (χ4v) is 5.51. The van der Waals surface area contributed by atoms with E-state index >= 15 is 0 Å². The molecule has 4 atom stereocenters. The van der Waals surface area contributed by atoms with Gasteiger partial charge in [0.1, 0.15) is 18.4 Å². The van der Waals surface area contributed by atoms with Crippen LogP contribution in [0.5, 0.6) is 5.75 Å². The number of alkyl halides is 5. The van der Waals surface area contributed by atoms with Gasteiger partial charge in [0.25, 0.3) is 5.91 Å². The van der Waals surface area contributed by atoms with E-state index in [1.807, 2.05) is 0 Å². The van der Waals surface area contributed by atoms with Crippen molar-refractivity contribution in [1.29, 1.82) is 0 Å². The number of nitrogens with one attached hydrogen (secondary N) is 3. The maximum atomic E-state index is 14.4. The molecule has 0 aromatic heterocycles. The third kappa shape index (κ3) is 8.23. The van der Waals surface area contributed by atoms with Crippen LogP contribution in [0.25, 0.3) is 0 Å². The van der Waals surface area contributed by atoms with E-state index in [4.69, 9.17) is 4.74 Å². The topological polar surface area (TPSA) is 134 Å². The number of ether oxygens (including phenoxy) is 1. The summed E-state index contributed by atoms with van der Waals surface area (Å²) in [6.07, 6.45) is -7.96. The summed E-state index contributed by atoms with van der Waals surface area (Å²) in [6.45, 7) is 0.594. The lowest BCUT2D eigenvalue weighted by atomic mass is 9.93. The lowest BCUT2D eigenvalue weighted by molar-refractivity contribution is -0.174. The Morgan fingerprint density at radius 3 is 2.27 bits per heavy atom.